The Bertz CT molecular complexity index is 1850. The van der Waals surface area contributed by atoms with E-state index in [4.69, 9.17) is 0 Å². The number of hydrogen-bond donors (Lipinski definition) is 1. The molecular formula is C37H36F3N5Pt. The van der Waals surface area contributed by atoms with Crippen molar-refractivity contribution < 1.29 is 34.2 Å². The van der Waals surface area contributed by atoms with Gasteiger partial charge in [-0.2, -0.15) is 26.5 Å². The van der Waals surface area contributed by atoms with Crippen molar-refractivity contribution in [3.63, 3.8) is 0 Å². The standard InChI is InChI=1S/C24H29N4.C13H7F3N.Pt/c1-7-8-26(5)16-25-22-13-21(24-19(3)11-18(2)12-20(24)4)14-23(15-22)28-10-9-27(6)17-28;14-13(15,16)8-5-6-12-10(7-8)9-3-1-2-4-11(9)17-12;/h7-14,16-17,25H,1-6H3;1-7H;/q-3;-1;+4/b8-7-;;. The number of alkyl halides is 3. The van der Waals surface area contributed by atoms with Gasteiger partial charge >= 0.3 is 27.2 Å². The fourth-order valence-corrected chi connectivity index (χ4v) is 5.55. The first-order valence-corrected chi connectivity index (χ1v) is 14.6. The third-order valence-corrected chi connectivity index (χ3v) is 7.43. The van der Waals surface area contributed by atoms with Gasteiger partial charge in [0.05, 0.1) is 5.56 Å². The maximum absolute atomic E-state index is 12.6. The Morgan fingerprint density at radius 1 is 0.935 bits per heavy atom. The zero-order valence-corrected chi connectivity index (χ0v) is 28.8. The molecule has 0 spiro atoms. The third kappa shape index (κ3) is 7.97. The second-order valence-electron chi connectivity index (χ2n) is 11.2. The molecule has 1 N–H and O–H groups in total. The van der Waals surface area contributed by atoms with Gasteiger partial charge in [-0.1, -0.05) is 60.2 Å². The number of rotatable bonds is 6. The summed E-state index contributed by atoms with van der Waals surface area (Å²) in [5.74, 6) is 0. The van der Waals surface area contributed by atoms with E-state index in [1.165, 1.54) is 33.9 Å². The molecule has 46 heavy (non-hydrogen) atoms. The zero-order chi connectivity index (χ0) is 32.3. The Kier molecular flexibility index (Phi) is 10.9. The van der Waals surface area contributed by atoms with Gasteiger partial charge in [-0.3, -0.25) is 0 Å². The number of hydrogen-bond acceptors (Lipinski definition) is 4. The van der Waals surface area contributed by atoms with Gasteiger partial charge in [-0.25, -0.2) is 0 Å². The van der Waals surface area contributed by atoms with Crippen molar-refractivity contribution in [1.29, 1.82) is 0 Å². The van der Waals surface area contributed by atoms with Crippen LogP contribution in [0.2, 0.25) is 0 Å². The van der Waals surface area contributed by atoms with Crippen LogP contribution in [0.1, 0.15) is 29.2 Å². The van der Waals surface area contributed by atoms with Gasteiger partial charge in [0.25, 0.3) is 0 Å². The summed E-state index contributed by atoms with van der Waals surface area (Å²) < 4.78 is 37.8. The molecule has 5 aromatic rings. The molecule has 1 aromatic heterocycles. The van der Waals surface area contributed by atoms with Crippen LogP contribution in [0, 0.1) is 40.2 Å². The Morgan fingerprint density at radius 2 is 1.63 bits per heavy atom. The van der Waals surface area contributed by atoms with E-state index >= 15 is 0 Å². The summed E-state index contributed by atoms with van der Waals surface area (Å²) in [6, 6.07) is 23.2. The normalized spacial score (nSPS) is 12.9. The van der Waals surface area contributed by atoms with Gasteiger partial charge in [-0.15, -0.1) is 46.2 Å². The summed E-state index contributed by atoms with van der Waals surface area (Å²) in [6.45, 7) is 12.5. The van der Waals surface area contributed by atoms with E-state index in [9.17, 15) is 13.2 Å². The van der Waals surface area contributed by atoms with Crippen molar-refractivity contribution in [1.82, 2.24) is 14.8 Å². The molecule has 6 rings (SSSR count). The van der Waals surface area contributed by atoms with Gasteiger partial charge in [-0.05, 0) is 93.9 Å². The number of nitrogens with one attached hydrogen (secondary N) is 1. The van der Waals surface area contributed by atoms with Crippen molar-refractivity contribution in [2.24, 2.45) is 0 Å². The molecular weight excluding hydrogens is 767 g/mol. The molecule has 0 aliphatic carbocycles. The molecule has 1 aliphatic rings. The van der Waals surface area contributed by atoms with Crippen LogP contribution in [0.5, 0.6) is 0 Å². The Balaban J connectivity index is 0.000000228. The fraction of sp³-hybridized carbons (Fsp3) is 0.189. The van der Waals surface area contributed by atoms with E-state index in [1.54, 1.807) is 18.2 Å². The number of nitrogens with zero attached hydrogens (tertiary/aromatic N) is 4. The van der Waals surface area contributed by atoms with Gasteiger partial charge in [0.1, 0.15) is 0 Å². The molecule has 1 aliphatic heterocycles. The molecule has 0 saturated carbocycles. The van der Waals surface area contributed by atoms with Crippen LogP contribution < -0.4 is 15.2 Å². The first kappa shape index (κ1) is 34.7. The van der Waals surface area contributed by atoms with E-state index in [0.717, 1.165) is 34.4 Å². The second kappa shape index (κ2) is 14.5. The van der Waals surface area contributed by atoms with Crippen LogP contribution in [0.3, 0.4) is 0 Å². The number of allylic oxidation sites excluding steroid dienone is 1. The van der Waals surface area contributed by atoms with Gasteiger partial charge in [0, 0.05) is 0 Å². The quantitative estimate of drug-likeness (QED) is 0.173. The first-order chi connectivity index (χ1) is 21.4. The minimum absolute atomic E-state index is 0. The molecule has 0 atom stereocenters. The van der Waals surface area contributed by atoms with Gasteiger partial charge in [0.15, 0.2) is 0 Å². The Labute approximate surface area is 283 Å². The van der Waals surface area contributed by atoms with E-state index in [1.807, 2.05) is 74.9 Å². The summed E-state index contributed by atoms with van der Waals surface area (Å²) in [5, 5.41) is 4.69. The number of aryl methyl sites for hydroxylation is 3. The molecule has 5 nitrogen and oxygen atoms in total. The van der Waals surface area contributed by atoms with E-state index < -0.39 is 11.7 Å². The second-order valence-corrected chi connectivity index (χ2v) is 11.2. The molecule has 0 bridgehead atoms. The van der Waals surface area contributed by atoms with Crippen LogP contribution in [0.15, 0.2) is 91.4 Å². The summed E-state index contributed by atoms with van der Waals surface area (Å²) in [6.07, 6.45) is 3.76. The molecule has 4 aromatic carbocycles. The first-order valence-electron chi connectivity index (χ1n) is 14.6. The molecule has 0 saturated heterocycles. The average molecular weight is 803 g/mol. The average Bonchev–Trinajstić information content (AvgIpc) is 3.59. The molecule has 0 radical (unpaired) electrons. The third-order valence-electron chi connectivity index (χ3n) is 7.43. The fourth-order valence-electron chi connectivity index (χ4n) is 5.55. The van der Waals surface area contributed by atoms with Gasteiger partial charge < -0.3 is 25.0 Å². The summed E-state index contributed by atoms with van der Waals surface area (Å²) in [7, 11) is 4.02. The van der Waals surface area contributed by atoms with Crippen LogP contribution in [-0.2, 0) is 27.2 Å². The zero-order valence-electron chi connectivity index (χ0n) is 26.6. The van der Waals surface area contributed by atoms with Crippen LogP contribution in [0.4, 0.5) is 24.5 Å². The monoisotopic (exact) mass is 802 g/mol. The Hall–Kier alpha value is -4.16. The number of benzene rings is 4. The van der Waals surface area contributed by atoms with Crippen molar-refractivity contribution in [3.8, 4) is 11.1 Å². The van der Waals surface area contributed by atoms with E-state index in [0.29, 0.717) is 10.9 Å². The molecule has 9 heteroatoms. The molecule has 2 heterocycles. The van der Waals surface area contributed by atoms with Crippen molar-refractivity contribution in [3.05, 3.63) is 133 Å². The molecule has 0 fully saturated rings. The predicted octanol–water partition coefficient (Wildman–Crippen LogP) is 9.38. The van der Waals surface area contributed by atoms with E-state index in [2.05, 4.69) is 66.3 Å². The number of aromatic nitrogens is 1. The van der Waals surface area contributed by atoms with Crippen LogP contribution in [0.25, 0.3) is 32.9 Å². The predicted molar refractivity (Wildman–Crippen MR) is 179 cm³/mol. The minimum Gasteiger partial charge on any atom is -0.657 e. The van der Waals surface area contributed by atoms with Crippen LogP contribution in [-0.4, -0.2) is 23.9 Å². The number of anilines is 2. The molecule has 0 unspecified atom stereocenters. The summed E-state index contributed by atoms with van der Waals surface area (Å²) in [5.41, 5.74) is 8.94. The molecule has 0 amide bonds. The maximum atomic E-state index is 12.6. The smallest absolute Gasteiger partial charge is 0.657 e. The van der Waals surface area contributed by atoms with Crippen molar-refractivity contribution in [2.45, 2.75) is 33.9 Å². The summed E-state index contributed by atoms with van der Waals surface area (Å²) >= 11 is 0. The number of para-hydroxylation sites is 1. The van der Waals surface area contributed by atoms with Crippen LogP contribution >= 0.6 is 0 Å². The van der Waals surface area contributed by atoms with Gasteiger partial charge in [0.2, 0.25) is 0 Å². The van der Waals surface area contributed by atoms with Crippen molar-refractivity contribution >= 4 is 33.2 Å². The maximum Gasteiger partial charge on any atom is 4.00 e. The summed E-state index contributed by atoms with van der Waals surface area (Å²) in [4.78, 5) is 10.4. The minimum atomic E-state index is -4.31. The number of fused-ring (bicyclic) bond motifs is 3. The largest absolute Gasteiger partial charge is 4.00 e. The van der Waals surface area contributed by atoms with E-state index in [-0.39, 0.29) is 21.1 Å². The van der Waals surface area contributed by atoms with Crippen molar-refractivity contribution in [2.75, 3.05) is 24.3 Å². The topological polar surface area (TPSA) is 35.9 Å². The Morgan fingerprint density at radius 3 is 2.28 bits per heavy atom. The molecule has 240 valence electrons. The number of halogens is 3. The SMILES string of the molecule is C/C=C\N(C)[CH-]Nc1[c-]c(N2C=CN(C)[CH-]2)cc(-c2c(C)cc(C)cc2C)c1.FC(F)(F)c1ccc2[n-]c3ccccc3c2c1.[Pt+4].